The predicted molar refractivity (Wildman–Crippen MR) is 177 cm³/mol. The lowest BCUT2D eigenvalue weighted by atomic mass is 9.85. The van der Waals surface area contributed by atoms with Gasteiger partial charge in [0.25, 0.3) is 0 Å². The second kappa shape index (κ2) is 11.0. The fourth-order valence-corrected chi connectivity index (χ4v) is 9.77. The SMILES string of the molecule is [2H]C(C)(C)c1cc([Si](C)(C(C)C)C(C)C)cc(C([2H])(C)C)c1-c1ccnc(-c2cccc3c2oc2cc(C#N)ccc23)c1. The Balaban J connectivity index is 1.79. The summed E-state index contributed by atoms with van der Waals surface area (Å²) in [6.07, 6.45) is 1.82. The van der Waals surface area contributed by atoms with Crippen molar-refractivity contribution in [1.82, 2.24) is 4.98 Å². The van der Waals surface area contributed by atoms with Gasteiger partial charge in [0.05, 0.1) is 25.4 Å². The second-order valence-electron chi connectivity index (χ2n) is 12.6. The number of para-hydroxylation sites is 1. The van der Waals surface area contributed by atoms with Gasteiger partial charge in [-0.2, -0.15) is 5.26 Å². The summed E-state index contributed by atoms with van der Waals surface area (Å²) in [5.41, 5.74) is 8.41. The first-order valence-electron chi connectivity index (χ1n) is 15.6. The van der Waals surface area contributed by atoms with E-state index in [9.17, 15) is 8.00 Å². The van der Waals surface area contributed by atoms with E-state index in [1.807, 2.05) is 70.3 Å². The van der Waals surface area contributed by atoms with Gasteiger partial charge in [-0.25, -0.2) is 0 Å². The van der Waals surface area contributed by atoms with Crippen LogP contribution in [0.15, 0.2) is 71.3 Å². The predicted octanol–water partition coefficient (Wildman–Crippen LogP) is 10.5. The summed E-state index contributed by atoms with van der Waals surface area (Å²) < 4.78 is 24.9. The molecule has 5 aromatic rings. The number of pyridine rings is 1. The number of fused-ring (bicyclic) bond motifs is 3. The molecule has 2 aromatic heterocycles. The highest BCUT2D eigenvalue weighted by molar-refractivity contribution is 6.93. The molecular weight excluding hydrogens is 517 g/mol. The molecule has 3 nitrogen and oxygen atoms in total. The highest BCUT2D eigenvalue weighted by Gasteiger charge is 2.37. The van der Waals surface area contributed by atoms with Crippen LogP contribution in [0.4, 0.5) is 0 Å². The molecule has 41 heavy (non-hydrogen) atoms. The first-order chi connectivity index (χ1) is 20.1. The smallest absolute Gasteiger partial charge is 0.144 e. The first kappa shape index (κ1) is 26.2. The lowest BCUT2D eigenvalue weighted by Gasteiger charge is -2.38. The average Bonchev–Trinajstić information content (AvgIpc) is 3.32. The van der Waals surface area contributed by atoms with Crippen molar-refractivity contribution in [2.75, 3.05) is 0 Å². The zero-order valence-electron chi connectivity index (χ0n) is 27.8. The van der Waals surface area contributed by atoms with Crippen molar-refractivity contribution < 1.29 is 7.16 Å². The number of hydrogen-bond acceptors (Lipinski definition) is 3. The van der Waals surface area contributed by atoms with Gasteiger partial charge in [0.15, 0.2) is 0 Å². The molecule has 2 heterocycles. The van der Waals surface area contributed by atoms with Crippen molar-refractivity contribution in [3.63, 3.8) is 0 Å². The zero-order chi connectivity index (χ0) is 31.5. The molecule has 0 aliphatic rings. The quantitative estimate of drug-likeness (QED) is 0.186. The summed E-state index contributed by atoms with van der Waals surface area (Å²) in [6, 6.07) is 22.4. The van der Waals surface area contributed by atoms with Crippen LogP contribution in [0.1, 0.15) is 86.6 Å². The van der Waals surface area contributed by atoms with Crippen molar-refractivity contribution >= 4 is 35.2 Å². The Morgan fingerprint density at radius 2 is 1.49 bits per heavy atom. The summed E-state index contributed by atoms with van der Waals surface area (Å²) in [4.78, 5) is 4.78. The fourth-order valence-electron chi connectivity index (χ4n) is 6.19. The third-order valence-electron chi connectivity index (χ3n) is 9.19. The van der Waals surface area contributed by atoms with E-state index in [4.69, 9.17) is 9.40 Å². The minimum absolute atomic E-state index is 0.516. The zero-order valence-corrected chi connectivity index (χ0v) is 26.8. The normalized spacial score (nSPS) is 13.6. The second-order valence-corrected chi connectivity index (χ2v) is 18.0. The highest BCUT2D eigenvalue weighted by Crippen LogP contribution is 2.41. The summed E-state index contributed by atoms with van der Waals surface area (Å²) in [7, 11) is -1.95. The van der Waals surface area contributed by atoms with E-state index in [1.54, 1.807) is 6.07 Å². The van der Waals surface area contributed by atoms with Crippen LogP contribution in [0.5, 0.6) is 0 Å². The molecule has 0 atom stereocenters. The molecular formula is C37H42N2OSi. The molecule has 0 radical (unpaired) electrons. The maximum Gasteiger partial charge on any atom is 0.144 e. The minimum Gasteiger partial charge on any atom is -0.455 e. The highest BCUT2D eigenvalue weighted by atomic mass is 28.3. The molecule has 0 unspecified atom stereocenters. The number of rotatable bonds is 7. The molecule has 4 heteroatoms. The summed E-state index contributed by atoms with van der Waals surface area (Å²) in [5, 5.41) is 12.6. The Bertz CT molecular complexity index is 1840. The van der Waals surface area contributed by atoms with E-state index in [-0.39, 0.29) is 0 Å². The van der Waals surface area contributed by atoms with Crippen LogP contribution in [0.2, 0.25) is 17.6 Å². The average molecular weight is 561 g/mol. The maximum absolute atomic E-state index is 9.39. The van der Waals surface area contributed by atoms with Gasteiger partial charge in [0.2, 0.25) is 0 Å². The Labute approximate surface area is 249 Å². The van der Waals surface area contributed by atoms with Crippen molar-refractivity contribution in [3.05, 3.63) is 83.6 Å². The molecule has 0 aliphatic carbocycles. The number of aromatic nitrogens is 1. The maximum atomic E-state index is 9.39. The molecule has 0 fully saturated rings. The summed E-state index contributed by atoms with van der Waals surface area (Å²) in [6.45, 7) is 19.6. The molecule has 0 amide bonds. The Morgan fingerprint density at radius 3 is 2.07 bits per heavy atom. The number of nitriles is 1. The Hall–Kier alpha value is -3.68. The van der Waals surface area contributed by atoms with Crippen LogP contribution in [0.25, 0.3) is 44.3 Å². The van der Waals surface area contributed by atoms with Crippen molar-refractivity contribution in [2.45, 2.75) is 84.8 Å². The topological polar surface area (TPSA) is 49.8 Å². The van der Waals surface area contributed by atoms with E-state index < -0.39 is 19.9 Å². The third kappa shape index (κ3) is 4.91. The van der Waals surface area contributed by atoms with Gasteiger partial charge in [-0.3, -0.25) is 4.98 Å². The van der Waals surface area contributed by atoms with Gasteiger partial charge in [-0.15, -0.1) is 0 Å². The van der Waals surface area contributed by atoms with Crippen LogP contribution in [-0.2, 0) is 0 Å². The molecule has 5 rings (SSSR count). The van der Waals surface area contributed by atoms with Crippen molar-refractivity contribution in [2.24, 2.45) is 0 Å². The van der Waals surface area contributed by atoms with E-state index in [2.05, 4.69) is 58.5 Å². The third-order valence-corrected chi connectivity index (χ3v) is 15.5. The van der Waals surface area contributed by atoms with Gasteiger partial charge in [0, 0.05) is 25.3 Å². The number of benzene rings is 3. The lowest BCUT2D eigenvalue weighted by molar-refractivity contribution is 0.669. The van der Waals surface area contributed by atoms with Gasteiger partial charge in [-0.1, -0.05) is 91.4 Å². The lowest BCUT2D eigenvalue weighted by Crippen LogP contribution is -2.50. The molecule has 0 N–H and O–H groups in total. The van der Waals surface area contributed by atoms with Gasteiger partial charge < -0.3 is 4.42 Å². The first-order valence-corrected chi connectivity index (χ1v) is 17.2. The standard InChI is InChI=1S/C37H42N2OSi/c1-22(2)32-19-28(41(9,24(5)6)25(7)8)20-33(23(3)4)36(32)27-15-16-39-34(18-27)31-12-10-11-30-29-14-13-26(21-38)17-35(29)40-37(30)31/h10-20,22-25H,1-9H3/i22D,23D. The van der Waals surface area contributed by atoms with Gasteiger partial charge in [0.1, 0.15) is 11.2 Å². The number of furan rings is 1. The molecule has 0 spiro atoms. The number of nitrogens with zero attached hydrogens (tertiary/aromatic N) is 2. The van der Waals surface area contributed by atoms with Gasteiger partial charge in [-0.05, 0) is 81.5 Å². The van der Waals surface area contributed by atoms with E-state index in [1.165, 1.54) is 5.19 Å². The molecule has 210 valence electrons. The molecule has 0 aliphatic heterocycles. The van der Waals surface area contributed by atoms with Crippen LogP contribution in [0.3, 0.4) is 0 Å². The van der Waals surface area contributed by atoms with Crippen molar-refractivity contribution in [1.29, 1.82) is 5.26 Å². The Kier molecular flexibility index (Phi) is 7.01. The Morgan fingerprint density at radius 1 is 0.829 bits per heavy atom. The molecule has 3 aromatic carbocycles. The van der Waals surface area contributed by atoms with Crippen LogP contribution in [0, 0.1) is 11.3 Å². The van der Waals surface area contributed by atoms with Crippen LogP contribution < -0.4 is 5.19 Å². The summed E-state index contributed by atoms with van der Waals surface area (Å²) in [5.74, 6) is -1.76. The van der Waals surface area contributed by atoms with Crippen LogP contribution in [-0.4, -0.2) is 13.1 Å². The minimum atomic E-state index is -1.95. The molecule has 0 bridgehead atoms. The molecule has 0 saturated carbocycles. The van der Waals surface area contributed by atoms with E-state index in [0.29, 0.717) is 22.2 Å². The largest absolute Gasteiger partial charge is 0.455 e. The summed E-state index contributed by atoms with van der Waals surface area (Å²) >= 11 is 0. The van der Waals surface area contributed by atoms with Crippen LogP contribution >= 0.6 is 0 Å². The van der Waals surface area contributed by atoms with Crippen molar-refractivity contribution in [3.8, 4) is 28.5 Å². The molecule has 0 saturated heterocycles. The number of hydrogen-bond donors (Lipinski definition) is 0. The monoisotopic (exact) mass is 560 g/mol. The van der Waals surface area contributed by atoms with Gasteiger partial charge >= 0.3 is 0 Å². The fraction of sp³-hybridized carbons (Fsp3) is 0.351. The van der Waals surface area contributed by atoms with E-state index in [0.717, 1.165) is 49.9 Å². The van der Waals surface area contributed by atoms with E-state index >= 15 is 0 Å².